The number of nitrogens with one attached hydrogen (secondary N) is 2. The number of hydrogen-bond donors (Lipinski definition) is 2. The second-order valence-electron chi connectivity index (χ2n) is 6.18. The molecule has 0 aliphatic carbocycles. The predicted molar refractivity (Wildman–Crippen MR) is 104 cm³/mol. The van der Waals surface area contributed by atoms with Crippen molar-refractivity contribution in [3.05, 3.63) is 42.1 Å². The van der Waals surface area contributed by atoms with E-state index in [4.69, 9.17) is 9.47 Å². The van der Waals surface area contributed by atoms with Crippen LogP contribution in [0.1, 0.15) is 12.0 Å². The Kier molecular flexibility index (Phi) is 5.78. The van der Waals surface area contributed by atoms with Crippen LogP contribution in [-0.2, 0) is 6.54 Å². The Bertz CT molecular complexity index is 776. The minimum absolute atomic E-state index is 0.646. The van der Waals surface area contributed by atoms with Crippen LogP contribution in [0.5, 0.6) is 11.5 Å². The number of benzene rings is 1. The van der Waals surface area contributed by atoms with Crippen LogP contribution in [0.25, 0.3) is 0 Å². The minimum Gasteiger partial charge on any atom is -0.490 e. The van der Waals surface area contributed by atoms with Crippen molar-refractivity contribution in [3.8, 4) is 11.5 Å². The highest BCUT2D eigenvalue weighted by Gasteiger charge is 2.11. The summed E-state index contributed by atoms with van der Waals surface area (Å²) in [4.78, 5) is 10.6. The van der Waals surface area contributed by atoms with E-state index in [0.29, 0.717) is 25.7 Å². The zero-order chi connectivity index (χ0) is 18.4. The summed E-state index contributed by atoms with van der Waals surface area (Å²) in [5, 5.41) is 6.60. The van der Waals surface area contributed by atoms with Gasteiger partial charge in [0, 0.05) is 52.1 Å². The van der Waals surface area contributed by atoms with E-state index in [0.717, 1.165) is 35.0 Å². The largest absolute Gasteiger partial charge is 0.490 e. The van der Waals surface area contributed by atoms with Gasteiger partial charge in [-0.15, -0.1) is 0 Å². The maximum Gasteiger partial charge on any atom is 0.195 e. The lowest BCUT2D eigenvalue weighted by Gasteiger charge is -2.15. The van der Waals surface area contributed by atoms with Gasteiger partial charge in [0.2, 0.25) is 0 Å². The fourth-order valence-corrected chi connectivity index (χ4v) is 2.56. The molecule has 7 nitrogen and oxygen atoms in total. The fourth-order valence-electron chi connectivity index (χ4n) is 2.56. The van der Waals surface area contributed by atoms with Crippen LogP contribution in [0.4, 0.5) is 11.5 Å². The molecule has 138 valence electrons. The maximum absolute atomic E-state index is 5.73. The number of anilines is 2. The number of nitrogens with zero attached hydrogens (tertiary/aromatic N) is 3. The molecule has 0 amide bonds. The van der Waals surface area contributed by atoms with E-state index in [2.05, 4.69) is 20.6 Å². The highest BCUT2D eigenvalue weighted by Crippen LogP contribution is 2.32. The summed E-state index contributed by atoms with van der Waals surface area (Å²) in [5.41, 5.74) is 2.02. The third-order valence-corrected chi connectivity index (χ3v) is 3.96. The van der Waals surface area contributed by atoms with Gasteiger partial charge >= 0.3 is 0 Å². The van der Waals surface area contributed by atoms with Gasteiger partial charge in [0.05, 0.1) is 13.2 Å². The molecule has 26 heavy (non-hydrogen) atoms. The van der Waals surface area contributed by atoms with Gasteiger partial charge in [-0.2, -0.15) is 0 Å². The highest BCUT2D eigenvalue weighted by atomic mass is 16.5. The molecule has 0 bridgehead atoms. The first-order chi connectivity index (χ1) is 12.7. The molecule has 2 aromatic rings. The Balaban J connectivity index is 1.63. The van der Waals surface area contributed by atoms with Crippen LogP contribution in [0, 0.1) is 0 Å². The van der Waals surface area contributed by atoms with E-state index >= 15 is 0 Å². The van der Waals surface area contributed by atoms with Crippen molar-refractivity contribution in [2.45, 2.75) is 13.0 Å². The Morgan fingerprint density at radius 3 is 2.73 bits per heavy atom. The Morgan fingerprint density at radius 1 is 1.15 bits per heavy atom. The van der Waals surface area contributed by atoms with E-state index in [1.807, 2.05) is 55.5 Å². The van der Waals surface area contributed by atoms with Crippen LogP contribution in [0.3, 0.4) is 0 Å². The molecule has 1 aromatic heterocycles. The van der Waals surface area contributed by atoms with Crippen LogP contribution >= 0.6 is 0 Å². The molecule has 1 aliphatic rings. The summed E-state index contributed by atoms with van der Waals surface area (Å²) in [6.07, 6.45) is 2.70. The average Bonchev–Trinajstić information content (AvgIpc) is 2.90. The molecular weight excluding hydrogens is 330 g/mol. The molecule has 0 saturated heterocycles. The molecule has 0 atom stereocenters. The van der Waals surface area contributed by atoms with Crippen molar-refractivity contribution in [2.24, 2.45) is 4.99 Å². The summed E-state index contributed by atoms with van der Waals surface area (Å²) in [6, 6.07) is 9.85. The first-order valence-corrected chi connectivity index (χ1v) is 8.65. The molecule has 3 rings (SSSR count). The second-order valence-corrected chi connectivity index (χ2v) is 6.18. The van der Waals surface area contributed by atoms with Gasteiger partial charge in [0.1, 0.15) is 5.82 Å². The first kappa shape index (κ1) is 17.8. The number of rotatable bonds is 4. The Labute approximate surface area is 154 Å². The van der Waals surface area contributed by atoms with Crippen molar-refractivity contribution >= 4 is 17.5 Å². The summed E-state index contributed by atoms with van der Waals surface area (Å²) >= 11 is 0. The van der Waals surface area contributed by atoms with Gasteiger partial charge in [0.25, 0.3) is 0 Å². The molecule has 1 aromatic carbocycles. The number of hydrogen-bond acceptors (Lipinski definition) is 5. The van der Waals surface area contributed by atoms with Gasteiger partial charge in [-0.05, 0) is 29.8 Å². The maximum atomic E-state index is 5.73. The lowest BCUT2D eigenvalue weighted by molar-refractivity contribution is 0.297. The van der Waals surface area contributed by atoms with Crippen molar-refractivity contribution in [1.29, 1.82) is 0 Å². The fraction of sp³-hybridized carbons (Fsp3) is 0.368. The van der Waals surface area contributed by atoms with E-state index in [9.17, 15) is 0 Å². The van der Waals surface area contributed by atoms with Gasteiger partial charge in [-0.1, -0.05) is 0 Å². The topological polar surface area (TPSA) is 71.0 Å². The quantitative estimate of drug-likeness (QED) is 0.649. The lowest BCUT2D eigenvalue weighted by Crippen LogP contribution is -2.30. The van der Waals surface area contributed by atoms with E-state index < -0.39 is 0 Å². The average molecular weight is 355 g/mol. The SMILES string of the molecule is CN=C(NCc1ccnc(N(C)C)c1)Nc1ccc2c(c1)OCCCO2. The predicted octanol–water partition coefficient (Wildman–Crippen LogP) is 2.50. The third-order valence-electron chi connectivity index (χ3n) is 3.96. The minimum atomic E-state index is 0.646. The zero-order valence-corrected chi connectivity index (χ0v) is 15.5. The number of ether oxygens (including phenoxy) is 2. The number of guanidine groups is 1. The molecule has 2 heterocycles. The standard InChI is InChI=1S/C19H25N5O2/c1-20-19(22-13-14-7-8-21-18(11-14)24(2)3)23-15-5-6-16-17(12-15)26-10-4-9-25-16/h5-8,11-12H,4,9-10,13H2,1-3H3,(H2,20,22,23). The molecule has 2 N–H and O–H groups in total. The Hall–Kier alpha value is -2.96. The number of fused-ring (bicyclic) bond motifs is 1. The molecule has 0 spiro atoms. The second kappa shape index (κ2) is 8.42. The monoisotopic (exact) mass is 355 g/mol. The highest BCUT2D eigenvalue weighted by molar-refractivity contribution is 5.93. The molecule has 0 fully saturated rings. The summed E-state index contributed by atoms with van der Waals surface area (Å²) in [5.74, 6) is 3.15. The van der Waals surface area contributed by atoms with E-state index in [1.165, 1.54) is 0 Å². The first-order valence-electron chi connectivity index (χ1n) is 8.65. The van der Waals surface area contributed by atoms with Crippen molar-refractivity contribution in [1.82, 2.24) is 10.3 Å². The molecule has 1 aliphatic heterocycles. The van der Waals surface area contributed by atoms with Crippen molar-refractivity contribution < 1.29 is 9.47 Å². The summed E-state index contributed by atoms with van der Waals surface area (Å²) < 4.78 is 11.4. The normalized spacial score (nSPS) is 13.7. The smallest absolute Gasteiger partial charge is 0.195 e. The summed E-state index contributed by atoms with van der Waals surface area (Å²) in [7, 11) is 5.70. The van der Waals surface area contributed by atoms with Gasteiger partial charge in [-0.25, -0.2) is 4.98 Å². The van der Waals surface area contributed by atoms with Gasteiger partial charge < -0.3 is 25.0 Å². The van der Waals surface area contributed by atoms with Crippen LogP contribution in [0.15, 0.2) is 41.5 Å². The van der Waals surface area contributed by atoms with Crippen LogP contribution < -0.4 is 25.0 Å². The van der Waals surface area contributed by atoms with Crippen LogP contribution in [0.2, 0.25) is 0 Å². The lowest BCUT2D eigenvalue weighted by atomic mass is 10.2. The molecule has 0 radical (unpaired) electrons. The summed E-state index contributed by atoms with van der Waals surface area (Å²) in [6.45, 7) is 2.00. The molecule has 0 unspecified atom stereocenters. The molecule has 0 saturated carbocycles. The van der Waals surface area contributed by atoms with Crippen LogP contribution in [-0.4, -0.2) is 45.3 Å². The van der Waals surface area contributed by atoms with Crippen molar-refractivity contribution in [2.75, 3.05) is 44.6 Å². The van der Waals surface area contributed by atoms with Crippen molar-refractivity contribution in [3.63, 3.8) is 0 Å². The van der Waals surface area contributed by atoms with E-state index in [-0.39, 0.29) is 0 Å². The van der Waals surface area contributed by atoms with E-state index in [1.54, 1.807) is 7.05 Å². The molecular formula is C19H25N5O2. The molecule has 7 heteroatoms. The van der Waals surface area contributed by atoms with Gasteiger partial charge in [-0.3, -0.25) is 4.99 Å². The number of pyridine rings is 1. The zero-order valence-electron chi connectivity index (χ0n) is 15.5. The Morgan fingerprint density at radius 2 is 1.96 bits per heavy atom. The third kappa shape index (κ3) is 4.56. The number of aliphatic imine (C=N–C) groups is 1. The van der Waals surface area contributed by atoms with Gasteiger partial charge in [0.15, 0.2) is 17.5 Å². The number of aromatic nitrogens is 1.